The first-order chi connectivity index (χ1) is 44.9. The summed E-state index contributed by atoms with van der Waals surface area (Å²) in [7, 11) is -9.91. The van der Waals surface area contributed by atoms with E-state index in [1.807, 2.05) is 0 Å². The summed E-state index contributed by atoms with van der Waals surface area (Å²) in [6.07, 6.45) is 52.7. The number of esters is 4. The van der Waals surface area contributed by atoms with E-state index < -0.39 is 97.5 Å². The number of ether oxygens (including phenoxy) is 4. The molecule has 0 fully saturated rings. The van der Waals surface area contributed by atoms with Crippen molar-refractivity contribution >= 4 is 39.5 Å². The van der Waals surface area contributed by atoms with Gasteiger partial charge in [-0.3, -0.25) is 37.3 Å². The summed E-state index contributed by atoms with van der Waals surface area (Å²) >= 11 is 0. The third-order valence-electron chi connectivity index (χ3n) is 17.2. The molecule has 0 saturated heterocycles. The minimum atomic E-state index is -4.95. The number of carbonyl (C=O) groups excluding carboxylic acids is 4. The van der Waals surface area contributed by atoms with E-state index in [-0.39, 0.29) is 25.7 Å². The zero-order valence-electron chi connectivity index (χ0n) is 60.6. The summed E-state index contributed by atoms with van der Waals surface area (Å²) in [5.74, 6) is -0.603. The highest BCUT2D eigenvalue weighted by Crippen LogP contribution is 2.45. The summed E-state index contributed by atoms with van der Waals surface area (Å²) in [5, 5.41) is 10.6. The standard InChI is InChI=1S/C74H144O17P2/c1-7-9-11-13-15-17-19-28-32-38-44-50-56-71(76)84-62-69(90-74(79)59-53-47-40-34-30-26-24-22-21-23-25-27-31-36-42-48-54-66(3)4)64-88-92(80,81)86-60-68(75)61-87-93(82,83)89-65-70(63-85-72(77)57-51-45-41-35-37-43-49-55-67(5)6)91-73(78)58-52-46-39-33-29-20-18-16-14-12-10-8-2/h66-70,75H,7-65H2,1-6H3,(H,80,81)(H,82,83)/t68-,69-,70-/m1/s1. The maximum atomic E-state index is 13.1. The zero-order chi connectivity index (χ0) is 68.6. The molecular formula is C74H144O17P2. The Morgan fingerprint density at radius 2 is 0.495 bits per heavy atom. The number of hydrogen-bond acceptors (Lipinski definition) is 15. The third-order valence-corrected chi connectivity index (χ3v) is 19.1. The average Bonchev–Trinajstić information content (AvgIpc) is 2.66. The maximum Gasteiger partial charge on any atom is 0.472 e. The van der Waals surface area contributed by atoms with Crippen molar-refractivity contribution in [1.29, 1.82) is 0 Å². The smallest absolute Gasteiger partial charge is 0.462 e. The van der Waals surface area contributed by atoms with Crippen molar-refractivity contribution in [3.63, 3.8) is 0 Å². The number of phosphoric acid groups is 2. The van der Waals surface area contributed by atoms with Crippen LogP contribution in [0.25, 0.3) is 0 Å². The molecule has 0 rings (SSSR count). The first-order valence-electron chi connectivity index (χ1n) is 38.5. The topological polar surface area (TPSA) is 237 Å². The lowest BCUT2D eigenvalue weighted by Crippen LogP contribution is -2.30. The highest BCUT2D eigenvalue weighted by molar-refractivity contribution is 7.47. The Morgan fingerprint density at radius 1 is 0.290 bits per heavy atom. The van der Waals surface area contributed by atoms with E-state index in [0.29, 0.717) is 31.6 Å². The summed E-state index contributed by atoms with van der Waals surface area (Å²) in [4.78, 5) is 72.7. The number of hydrogen-bond donors (Lipinski definition) is 3. The molecule has 0 spiro atoms. The zero-order valence-corrected chi connectivity index (χ0v) is 62.3. The van der Waals surface area contributed by atoms with Crippen molar-refractivity contribution in [2.24, 2.45) is 11.8 Å². The SMILES string of the molecule is CCCCCCCCCCCCCCC(=O)OC[C@H](COP(=O)(O)OC[C@@H](O)COP(=O)(O)OC[C@@H](COC(=O)CCCCCCCCCC(C)C)OC(=O)CCCCCCCCCCCCCC)OC(=O)CCCCCCCCCCCCCCCCCCC(C)C. The molecule has 3 N–H and O–H groups in total. The number of unbranched alkanes of at least 4 members (excludes halogenated alkanes) is 43. The molecule has 0 aliphatic heterocycles. The molecular weight excluding hydrogens is 1220 g/mol. The lowest BCUT2D eigenvalue weighted by molar-refractivity contribution is -0.161. The molecule has 552 valence electrons. The fraction of sp³-hybridized carbons (Fsp3) is 0.946. The number of carbonyl (C=O) groups is 4. The number of aliphatic hydroxyl groups is 1. The van der Waals surface area contributed by atoms with Gasteiger partial charge in [0.05, 0.1) is 26.4 Å². The largest absolute Gasteiger partial charge is 0.472 e. The lowest BCUT2D eigenvalue weighted by atomic mass is 10.0. The summed E-state index contributed by atoms with van der Waals surface area (Å²) < 4.78 is 68.4. The fourth-order valence-electron chi connectivity index (χ4n) is 11.3. The second-order valence-corrected chi connectivity index (χ2v) is 30.5. The minimum absolute atomic E-state index is 0.107. The highest BCUT2D eigenvalue weighted by Gasteiger charge is 2.30. The molecule has 0 aromatic heterocycles. The quantitative estimate of drug-likeness (QED) is 0.0222. The van der Waals surface area contributed by atoms with Gasteiger partial charge in [-0.25, -0.2) is 9.13 Å². The number of rotatable bonds is 73. The van der Waals surface area contributed by atoms with Crippen LogP contribution in [-0.4, -0.2) is 96.7 Å². The Balaban J connectivity index is 5.22. The van der Waals surface area contributed by atoms with Crippen molar-refractivity contribution in [1.82, 2.24) is 0 Å². The maximum absolute atomic E-state index is 13.1. The van der Waals surface area contributed by atoms with Crippen molar-refractivity contribution in [3.8, 4) is 0 Å². The van der Waals surface area contributed by atoms with Gasteiger partial charge in [0, 0.05) is 25.7 Å². The number of aliphatic hydroxyl groups excluding tert-OH is 1. The lowest BCUT2D eigenvalue weighted by Gasteiger charge is -2.21. The van der Waals surface area contributed by atoms with Gasteiger partial charge in [0.2, 0.25) is 0 Å². The molecule has 17 nitrogen and oxygen atoms in total. The van der Waals surface area contributed by atoms with Crippen LogP contribution in [0.5, 0.6) is 0 Å². The van der Waals surface area contributed by atoms with E-state index in [9.17, 15) is 43.2 Å². The van der Waals surface area contributed by atoms with Gasteiger partial charge in [0.25, 0.3) is 0 Å². The van der Waals surface area contributed by atoms with Crippen molar-refractivity contribution in [2.45, 2.75) is 400 Å². The predicted octanol–water partition coefficient (Wildman–Crippen LogP) is 21.6. The molecule has 0 amide bonds. The van der Waals surface area contributed by atoms with Crippen LogP contribution in [0.15, 0.2) is 0 Å². The predicted molar refractivity (Wildman–Crippen MR) is 377 cm³/mol. The van der Waals surface area contributed by atoms with Gasteiger partial charge in [0.15, 0.2) is 12.2 Å². The van der Waals surface area contributed by atoms with Gasteiger partial charge in [-0.2, -0.15) is 0 Å². The van der Waals surface area contributed by atoms with Crippen LogP contribution in [0.3, 0.4) is 0 Å². The second kappa shape index (κ2) is 66.0. The molecule has 2 unspecified atom stereocenters. The average molecular weight is 1370 g/mol. The molecule has 0 aromatic rings. The minimum Gasteiger partial charge on any atom is -0.462 e. The van der Waals surface area contributed by atoms with E-state index in [1.54, 1.807) is 0 Å². The Labute approximate surface area is 568 Å². The fourth-order valence-corrected chi connectivity index (χ4v) is 12.9. The van der Waals surface area contributed by atoms with Gasteiger partial charge in [-0.1, -0.05) is 330 Å². The Kier molecular flexibility index (Phi) is 64.6. The van der Waals surface area contributed by atoms with E-state index in [4.69, 9.17) is 37.0 Å². The molecule has 5 atom stereocenters. The van der Waals surface area contributed by atoms with E-state index in [0.717, 1.165) is 102 Å². The van der Waals surface area contributed by atoms with Crippen LogP contribution in [0, 0.1) is 11.8 Å². The van der Waals surface area contributed by atoms with Gasteiger partial charge in [-0.15, -0.1) is 0 Å². The van der Waals surface area contributed by atoms with Crippen LogP contribution in [0.1, 0.15) is 382 Å². The highest BCUT2D eigenvalue weighted by atomic mass is 31.2. The third kappa shape index (κ3) is 68.4. The van der Waals surface area contributed by atoms with Gasteiger partial charge >= 0.3 is 39.5 Å². The van der Waals surface area contributed by atoms with Crippen LogP contribution in [-0.2, 0) is 65.4 Å². The first-order valence-corrected chi connectivity index (χ1v) is 41.5. The van der Waals surface area contributed by atoms with E-state index >= 15 is 0 Å². The molecule has 93 heavy (non-hydrogen) atoms. The monoisotopic (exact) mass is 1370 g/mol. The van der Waals surface area contributed by atoms with Crippen LogP contribution in [0.2, 0.25) is 0 Å². The first kappa shape index (κ1) is 91.1. The Hall–Kier alpha value is -1.94. The molecule has 0 aliphatic carbocycles. The van der Waals surface area contributed by atoms with Crippen LogP contribution < -0.4 is 0 Å². The summed E-state index contributed by atoms with van der Waals surface area (Å²) in [6, 6.07) is 0. The molecule has 19 heteroatoms. The van der Waals surface area contributed by atoms with E-state index in [2.05, 4.69) is 41.5 Å². The Morgan fingerprint density at radius 3 is 0.731 bits per heavy atom. The number of phosphoric ester groups is 2. The van der Waals surface area contributed by atoms with Crippen LogP contribution >= 0.6 is 15.6 Å². The molecule has 0 aromatic carbocycles. The molecule has 0 heterocycles. The van der Waals surface area contributed by atoms with Gasteiger partial charge < -0.3 is 33.8 Å². The molecule has 0 saturated carbocycles. The normalized spacial score (nSPS) is 14.1. The van der Waals surface area contributed by atoms with Crippen molar-refractivity contribution < 1.29 is 80.2 Å². The van der Waals surface area contributed by atoms with Crippen LogP contribution in [0.4, 0.5) is 0 Å². The summed E-state index contributed by atoms with van der Waals surface area (Å²) in [5.41, 5.74) is 0. The van der Waals surface area contributed by atoms with Gasteiger partial charge in [-0.05, 0) is 37.5 Å². The summed E-state index contributed by atoms with van der Waals surface area (Å²) in [6.45, 7) is 9.56. The van der Waals surface area contributed by atoms with Gasteiger partial charge in [0.1, 0.15) is 19.3 Å². The molecule has 0 bridgehead atoms. The Bertz CT molecular complexity index is 1800. The van der Waals surface area contributed by atoms with E-state index in [1.165, 1.54) is 193 Å². The van der Waals surface area contributed by atoms with Crippen molar-refractivity contribution in [2.75, 3.05) is 39.6 Å². The van der Waals surface area contributed by atoms with Crippen molar-refractivity contribution in [3.05, 3.63) is 0 Å². The second-order valence-electron chi connectivity index (χ2n) is 27.6. The molecule has 0 aliphatic rings. The molecule has 0 radical (unpaired) electrons.